The number of benzene rings is 1. The number of methoxy groups -OCH3 is 1. The highest BCUT2D eigenvalue weighted by Crippen LogP contribution is 2.15. The van der Waals surface area contributed by atoms with Crippen LogP contribution in [0.4, 0.5) is 0 Å². The first-order valence-electron chi connectivity index (χ1n) is 3.56. The largest absolute Gasteiger partial charge is 0.479 e. The molecule has 0 saturated carbocycles. The minimum atomic E-state index is -0.969. The standard InChI is InChI=1S/C9H10O3.BrH/c1-12-8(9(10)11)7-5-3-2-4-6-7;/h2-6,8H,1H3,(H,10,11);1H. The van der Waals surface area contributed by atoms with E-state index in [0.717, 1.165) is 0 Å². The van der Waals surface area contributed by atoms with Crippen molar-refractivity contribution in [2.75, 3.05) is 7.11 Å². The number of hydrogen-bond acceptors (Lipinski definition) is 2. The Morgan fingerprint density at radius 2 is 1.92 bits per heavy atom. The van der Waals surface area contributed by atoms with Crippen LogP contribution in [0, 0.1) is 0 Å². The van der Waals surface area contributed by atoms with E-state index in [2.05, 4.69) is 0 Å². The van der Waals surface area contributed by atoms with Crippen molar-refractivity contribution in [3.05, 3.63) is 35.9 Å². The van der Waals surface area contributed by atoms with E-state index >= 15 is 0 Å². The molecule has 0 aromatic heterocycles. The minimum absolute atomic E-state index is 0. The van der Waals surface area contributed by atoms with Crippen LogP contribution in [-0.4, -0.2) is 18.2 Å². The number of hydrogen-bond donors (Lipinski definition) is 1. The number of ether oxygens (including phenoxy) is 1. The molecule has 0 aliphatic carbocycles. The zero-order chi connectivity index (χ0) is 8.97. The second-order valence-electron chi connectivity index (χ2n) is 2.36. The molecule has 72 valence electrons. The van der Waals surface area contributed by atoms with Crippen molar-refractivity contribution < 1.29 is 14.6 Å². The maximum absolute atomic E-state index is 10.6. The van der Waals surface area contributed by atoms with E-state index in [1.807, 2.05) is 6.07 Å². The Balaban J connectivity index is 0.00000144. The van der Waals surface area contributed by atoms with Crippen molar-refractivity contribution >= 4 is 23.0 Å². The van der Waals surface area contributed by atoms with Crippen molar-refractivity contribution in [3.63, 3.8) is 0 Å². The zero-order valence-electron chi connectivity index (χ0n) is 7.14. The van der Waals surface area contributed by atoms with Gasteiger partial charge in [-0.05, 0) is 5.56 Å². The average molecular weight is 247 g/mol. The summed E-state index contributed by atoms with van der Waals surface area (Å²) in [4.78, 5) is 10.6. The van der Waals surface area contributed by atoms with Gasteiger partial charge in [0.15, 0.2) is 6.10 Å². The highest BCUT2D eigenvalue weighted by molar-refractivity contribution is 8.93. The summed E-state index contributed by atoms with van der Waals surface area (Å²) in [6.45, 7) is 0. The van der Waals surface area contributed by atoms with E-state index in [4.69, 9.17) is 9.84 Å². The van der Waals surface area contributed by atoms with Gasteiger partial charge in [-0.3, -0.25) is 0 Å². The van der Waals surface area contributed by atoms with Crippen LogP contribution in [0.1, 0.15) is 11.7 Å². The number of rotatable bonds is 3. The van der Waals surface area contributed by atoms with Gasteiger partial charge in [-0.1, -0.05) is 30.3 Å². The Hall–Kier alpha value is -0.870. The van der Waals surface area contributed by atoms with Gasteiger partial charge in [0, 0.05) is 7.11 Å². The van der Waals surface area contributed by atoms with E-state index in [1.54, 1.807) is 24.3 Å². The second-order valence-corrected chi connectivity index (χ2v) is 2.36. The summed E-state index contributed by atoms with van der Waals surface area (Å²) in [7, 11) is 1.38. The molecule has 1 aromatic carbocycles. The van der Waals surface area contributed by atoms with Crippen LogP contribution in [-0.2, 0) is 9.53 Å². The predicted molar refractivity (Wildman–Crippen MR) is 54.1 cm³/mol. The molecule has 13 heavy (non-hydrogen) atoms. The minimum Gasteiger partial charge on any atom is -0.479 e. The van der Waals surface area contributed by atoms with E-state index < -0.39 is 12.1 Å². The zero-order valence-corrected chi connectivity index (χ0v) is 8.85. The van der Waals surface area contributed by atoms with Gasteiger partial charge in [-0.15, -0.1) is 17.0 Å². The van der Waals surface area contributed by atoms with Gasteiger partial charge < -0.3 is 9.84 Å². The molecule has 1 N–H and O–H groups in total. The lowest BCUT2D eigenvalue weighted by molar-refractivity contribution is -0.148. The first kappa shape index (κ1) is 12.1. The fourth-order valence-electron chi connectivity index (χ4n) is 1.01. The van der Waals surface area contributed by atoms with Crippen molar-refractivity contribution in [1.29, 1.82) is 0 Å². The van der Waals surface area contributed by atoms with E-state index in [9.17, 15) is 4.79 Å². The highest BCUT2D eigenvalue weighted by Gasteiger charge is 2.17. The molecule has 0 heterocycles. The molecule has 3 nitrogen and oxygen atoms in total. The maximum Gasteiger partial charge on any atom is 0.337 e. The molecular weight excluding hydrogens is 236 g/mol. The third kappa shape index (κ3) is 3.16. The van der Waals surface area contributed by atoms with Crippen LogP contribution >= 0.6 is 17.0 Å². The maximum atomic E-state index is 10.6. The Kier molecular flexibility index (Phi) is 5.34. The highest BCUT2D eigenvalue weighted by atomic mass is 79.9. The average Bonchev–Trinajstić information content (AvgIpc) is 2.07. The van der Waals surface area contributed by atoms with Gasteiger partial charge >= 0.3 is 5.97 Å². The van der Waals surface area contributed by atoms with E-state index in [-0.39, 0.29) is 17.0 Å². The first-order chi connectivity index (χ1) is 5.75. The van der Waals surface area contributed by atoms with Crippen LogP contribution < -0.4 is 0 Å². The molecule has 0 aliphatic rings. The summed E-state index contributed by atoms with van der Waals surface area (Å²) in [5.41, 5.74) is 0.660. The summed E-state index contributed by atoms with van der Waals surface area (Å²) >= 11 is 0. The first-order valence-corrected chi connectivity index (χ1v) is 3.56. The number of carbonyl (C=O) groups is 1. The number of halogens is 1. The quantitative estimate of drug-likeness (QED) is 0.888. The monoisotopic (exact) mass is 246 g/mol. The van der Waals surface area contributed by atoms with Gasteiger partial charge in [-0.2, -0.15) is 0 Å². The van der Waals surface area contributed by atoms with Crippen molar-refractivity contribution in [2.45, 2.75) is 6.10 Å². The van der Waals surface area contributed by atoms with Crippen LogP contribution in [0.15, 0.2) is 30.3 Å². The lowest BCUT2D eigenvalue weighted by Crippen LogP contribution is -2.12. The Morgan fingerprint density at radius 1 is 1.38 bits per heavy atom. The Labute approximate surface area is 87.1 Å². The molecular formula is C9H11BrO3. The molecule has 1 unspecified atom stereocenters. The predicted octanol–water partition coefficient (Wildman–Crippen LogP) is 2.04. The van der Waals surface area contributed by atoms with Gasteiger partial charge in [0.2, 0.25) is 0 Å². The number of carboxylic acid groups (broad SMARTS) is 1. The number of aliphatic carboxylic acids is 1. The normalized spacial score (nSPS) is 11.5. The molecule has 1 atom stereocenters. The van der Waals surface area contributed by atoms with Crippen LogP contribution in [0.5, 0.6) is 0 Å². The summed E-state index contributed by atoms with van der Waals surface area (Å²) in [6, 6.07) is 8.84. The summed E-state index contributed by atoms with van der Waals surface area (Å²) in [5.74, 6) is -0.969. The second kappa shape index (κ2) is 5.72. The number of carboxylic acids is 1. The van der Waals surface area contributed by atoms with E-state index in [1.165, 1.54) is 7.11 Å². The van der Waals surface area contributed by atoms with Crippen molar-refractivity contribution in [1.82, 2.24) is 0 Å². The van der Waals surface area contributed by atoms with Gasteiger partial charge in [0.1, 0.15) is 0 Å². The third-order valence-corrected chi connectivity index (χ3v) is 1.56. The Bertz CT molecular complexity index is 261. The molecule has 0 radical (unpaired) electrons. The third-order valence-electron chi connectivity index (χ3n) is 1.56. The summed E-state index contributed by atoms with van der Waals surface area (Å²) < 4.78 is 4.80. The van der Waals surface area contributed by atoms with Crippen molar-refractivity contribution in [2.24, 2.45) is 0 Å². The Morgan fingerprint density at radius 3 is 2.31 bits per heavy atom. The molecule has 0 aliphatic heterocycles. The summed E-state index contributed by atoms with van der Waals surface area (Å²) in [5, 5.41) is 8.70. The van der Waals surface area contributed by atoms with Gasteiger partial charge in [-0.25, -0.2) is 4.79 Å². The molecule has 0 bridgehead atoms. The molecule has 1 rings (SSSR count). The lowest BCUT2D eigenvalue weighted by atomic mass is 10.1. The van der Waals surface area contributed by atoms with E-state index in [0.29, 0.717) is 5.56 Å². The molecule has 4 heteroatoms. The van der Waals surface area contributed by atoms with Gasteiger partial charge in [0.25, 0.3) is 0 Å². The molecule has 1 aromatic rings. The molecule has 0 saturated heterocycles. The van der Waals surface area contributed by atoms with Crippen LogP contribution in [0.25, 0.3) is 0 Å². The van der Waals surface area contributed by atoms with Crippen molar-refractivity contribution in [3.8, 4) is 0 Å². The smallest absolute Gasteiger partial charge is 0.337 e. The molecule has 0 amide bonds. The topological polar surface area (TPSA) is 46.5 Å². The molecule has 0 fully saturated rings. The van der Waals surface area contributed by atoms with Crippen LogP contribution in [0.2, 0.25) is 0 Å². The fourth-order valence-corrected chi connectivity index (χ4v) is 1.01. The van der Waals surface area contributed by atoms with Crippen LogP contribution in [0.3, 0.4) is 0 Å². The lowest BCUT2D eigenvalue weighted by Gasteiger charge is -2.09. The summed E-state index contributed by atoms with van der Waals surface area (Å²) in [6.07, 6.45) is -0.855. The molecule has 0 spiro atoms. The SMILES string of the molecule is Br.COC(C(=O)O)c1ccccc1. The fraction of sp³-hybridized carbons (Fsp3) is 0.222. The van der Waals surface area contributed by atoms with Gasteiger partial charge in [0.05, 0.1) is 0 Å².